The summed E-state index contributed by atoms with van der Waals surface area (Å²) < 4.78 is 12.5. The van der Waals surface area contributed by atoms with E-state index in [1.807, 2.05) is 38.2 Å². The van der Waals surface area contributed by atoms with E-state index < -0.39 is 23.0 Å². The van der Waals surface area contributed by atoms with Crippen LogP contribution in [0.5, 0.6) is 0 Å². The van der Waals surface area contributed by atoms with E-state index in [4.69, 9.17) is 15.2 Å². The minimum Gasteiger partial charge on any atom is -0.463 e. The summed E-state index contributed by atoms with van der Waals surface area (Å²) in [5.41, 5.74) is 8.19. The van der Waals surface area contributed by atoms with Crippen molar-refractivity contribution in [3.05, 3.63) is 93.7 Å². The van der Waals surface area contributed by atoms with Crippen molar-refractivity contribution in [2.24, 2.45) is 28.5 Å². The van der Waals surface area contributed by atoms with Gasteiger partial charge in [0.1, 0.15) is 5.82 Å². The van der Waals surface area contributed by atoms with Gasteiger partial charge in [0.25, 0.3) is 5.60 Å². The first-order chi connectivity index (χ1) is 27.5. The van der Waals surface area contributed by atoms with Crippen molar-refractivity contribution in [1.82, 2.24) is 20.9 Å². The van der Waals surface area contributed by atoms with E-state index in [1.165, 1.54) is 5.57 Å². The molecule has 0 unspecified atom stereocenters. The summed E-state index contributed by atoms with van der Waals surface area (Å²) in [5.74, 6) is 0.123. The SMILES string of the molecule is CCN[C@@H]1C=C2C=CCC[C@H]2C[C@H]1COC(=O)[C@]12O[C@@]1(C/C=C(\C)C[C@@H](NC(N)=NC)c1ccnc3c1CC[C@H](NC)N3)C(=O)c1cccc(CC(C)C)c1C2=O. The molecule has 6 N–H and O–H groups in total. The summed E-state index contributed by atoms with van der Waals surface area (Å²) in [6.45, 7) is 9.06. The molecule has 5 aliphatic rings. The largest absolute Gasteiger partial charge is 0.463 e. The van der Waals surface area contributed by atoms with Gasteiger partial charge in [0.05, 0.1) is 18.8 Å². The van der Waals surface area contributed by atoms with Crippen molar-refractivity contribution < 1.29 is 23.9 Å². The van der Waals surface area contributed by atoms with Crippen molar-refractivity contribution in [2.45, 2.75) is 109 Å². The van der Waals surface area contributed by atoms with Gasteiger partial charge in [-0.25, -0.2) is 9.78 Å². The summed E-state index contributed by atoms with van der Waals surface area (Å²) >= 11 is 0. The second kappa shape index (κ2) is 16.7. The van der Waals surface area contributed by atoms with Crippen molar-refractivity contribution in [3.8, 4) is 0 Å². The highest BCUT2D eigenvalue weighted by Crippen LogP contribution is 2.59. The smallest absolute Gasteiger partial charge is 0.350 e. The Bertz CT molecular complexity index is 2020. The molecule has 1 saturated heterocycles. The van der Waals surface area contributed by atoms with Crippen LogP contribution in [0.25, 0.3) is 0 Å². The number of esters is 1. The molecule has 1 aromatic heterocycles. The third-order valence-electron chi connectivity index (χ3n) is 12.5. The van der Waals surface area contributed by atoms with Crippen LogP contribution in [0, 0.1) is 17.8 Å². The number of aromatic nitrogens is 1. The molecule has 12 heteroatoms. The van der Waals surface area contributed by atoms with Crippen molar-refractivity contribution >= 4 is 29.3 Å². The number of pyridine rings is 1. The first-order valence-electron chi connectivity index (χ1n) is 20.7. The number of nitrogens with zero attached hydrogens (tertiary/aromatic N) is 2. The van der Waals surface area contributed by atoms with Crippen LogP contribution in [0.4, 0.5) is 5.82 Å². The Labute approximate surface area is 336 Å². The quantitative estimate of drug-likeness (QED) is 0.0409. The third kappa shape index (κ3) is 7.59. The number of carbonyl (C=O) groups is 3. The van der Waals surface area contributed by atoms with Crippen molar-refractivity contribution in [2.75, 3.05) is 32.6 Å². The fourth-order valence-electron chi connectivity index (χ4n) is 9.52. The molecule has 7 atom stereocenters. The van der Waals surface area contributed by atoms with Gasteiger partial charge in [0, 0.05) is 42.8 Å². The molecule has 12 nitrogen and oxygen atoms in total. The Hall–Kier alpha value is -4.65. The molecule has 2 aromatic rings. The van der Waals surface area contributed by atoms with Gasteiger partial charge in [-0.1, -0.05) is 68.8 Å². The van der Waals surface area contributed by atoms with Crippen molar-refractivity contribution in [3.63, 3.8) is 0 Å². The standard InChI is InChI=1S/C45H59N7O5/c1-7-49-35-24-29-12-9-8-11-28(29)23-31(35)25-56-42(55)45-40(54)38-30(21-26(2)3)13-10-14-34(38)39(53)44(45,57-45)19-17-27(4)22-36(51-43(46)48-6)32-18-20-50-41-33(32)15-16-37(47-5)52-41/h9-10,12-14,17-18,20,24,26,28,31,35-37,47,49H,7-8,11,15-16,19,21-23,25H2,1-6H3,(H,50,52)(H3,46,48,51)/b27-17+/t28-,31-,35+,36+,37+,44-,45-/m0/s1. The normalized spacial score (nSPS) is 28.4. The van der Waals surface area contributed by atoms with Crippen LogP contribution in [0.15, 0.2) is 70.9 Å². The number of hydrogen-bond donors (Lipinski definition) is 5. The molecule has 2 aliphatic heterocycles. The number of epoxide rings is 1. The van der Waals surface area contributed by atoms with Gasteiger partial charge in [-0.3, -0.25) is 14.6 Å². The number of Topliss-reactive ketones (excluding diaryl/α,β-unsaturated/α-hetero) is 2. The predicted octanol–water partition coefficient (Wildman–Crippen LogP) is 5.51. The predicted molar refractivity (Wildman–Crippen MR) is 222 cm³/mol. The zero-order valence-electron chi connectivity index (χ0n) is 34.2. The van der Waals surface area contributed by atoms with Crippen LogP contribution >= 0.6 is 0 Å². The van der Waals surface area contributed by atoms with E-state index in [2.05, 4.69) is 70.2 Å². The van der Waals surface area contributed by atoms with E-state index in [0.717, 1.165) is 66.7 Å². The average Bonchev–Trinajstić information content (AvgIpc) is 3.92. The third-order valence-corrected chi connectivity index (χ3v) is 12.5. The number of carbonyl (C=O) groups excluding carboxylic acids is 3. The second-order valence-electron chi connectivity index (χ2n) is 16.7. The Kier molecular flexibility index (Phi) is 11.9. The van der Waals surface area contributed by atoms with E-state index in [-0.39, 0.29) is 54.5 Å². The number of allylic oxidation sites excluding steroid dienone is 3. The molecule has 0 saturated carbocycles. The summed E-state index contributed by atoms with van der Waals surface area (Å²) in [6, 6.07) is 7.13. The van der Waals surface area contributed by atoms with E-state index in [0.29, 0.717) is 30.3 Å². The van der Waals surface area contributed by atoms with Crippen LogP contribution in [-0.2, 0) is 27.1 Å². The second-order valence-corrected chi connectivity index (χ2v) is 16.7. The van der Waals surface area contributed by atoms with Gasteiger partial charge in [-0.2, -0.15) is 0 Å². The van der Waals surface area contributed by atoms with Crippen LogP contribution in [0.1, 0.15) is 110 Å². The topological polar surface area (TPSA) is 172 Å². The lowest BCUT2D eigenvalue weighted by molar-refractivity contribution is -0.150. The molecule has 0 spiro atoms. The first kappa shape index (κ1) is 40.5. The fourth-order valence-corrected chi connectivity index (χ4v) is 9.52. The zero-order chi connectivity index (χ0) is 40.5. The number of hydrogen-bond acceptors (Lipinski definition) is 10. The van der Waals surface area contributed by atoms with Gasteiger partial charge in [0.15, 0.2) is 17.3 Å². The number of rotatable bonds is 14. The highest BCUT2D eigenvalue weighted by Gasteiger charge is 2.85. The first-order valence-corrected chi connectivity index (χ1v) is 20.7. The maximum atomic E-state index is 14.8. The van der Waals surface area contributed by atoms with Gasteiger partial charge in [-0.05, 0) is 106 Å². The fraction of sp³-hybridized carbons (Fsp3) is 0.533. The minimum absolute atomic E-state index is 0.0146. The number of guanidine groups is 1. The molecule has 57 heavy (non-hydrogen) atoms. The van der Waals surface area contributed by atoms with Crippen LogP contribution in [-0.4, -0.2) is 79.1 Å². The summed E-state index contributed by atoms with van der Waals surface area (Å²) in [6.07, 6.45) is 16.3. The number of likely N-dealkylation sites (N-methyl/N-ethyl adjacent to an activating group) is 1. The molecule has 0 bridgehead atoms. The number of nitrogens with one attached hydrogen (secondary N) is 4. The lowest BCUT2D eigenvalue weighted by atomic mass is 9.70. The maximum Gasteiger partial charge on any atom is 0.350 e. The summed E-state index contributed by atoms with van der Waals surface area (Å²) in [4.78, 5) is 52.9. The van der Waals surface area contributed by atoms with Crippen LogP contribution < -0.4 is 27.0 Å². The van der Waals surface area contributed by atoms with Gasteiger partial charge in [0.2, 0.25) is 5.78 Å². The highest BCUT2D eigenvalue weighted by atomic mass is 16.7. The summed E-state index contributed by atoms with van der Waals surface area (Å²) in [7, 11) is 3.56. The lowest BCUT2D eigenvalue weighted by Gasteiger charge is -2.36. The Morgan fingerprint density at radius 1 is 1.21 bits per heavy atom. The Balaban J connectivity index is 1.19. The van der Waals surface area contributed by atoms with E-state index in [1.54, 1.807) is 19.3 Å². The summed E-state index contributed by atoms with van der Waals surface area (Å²) in [5, 5.41) is 13.7. The molecule has 304 valence electrons. The van der Waals surface area contributed by atoms with Gasteiger partial charge >= 0.3 is 5.97 Å². The number of ketones is 2. The molecular weight excluding hydrogens is 719 g/mol. The number of anilines is 1. The zero-order valence-corrected chi connectivity index (χ0v) is 34.2. The lowest BCUT2D eigenvalue weighted by Crippen LogP contribution is -2.51. The highest BCUT2D eigenvalue weighted by molar-refractivity contribution is 6.33. The number of benzene rings is 1. The van der Waals surface area contributed by atoms with E-state index in [9.17, 15) is 14.4 Å². The maximum absolute atomic E-state index is 14.8. The molecule has 0 amide bonds. The Morgan fingerprint density at radius 2 is 2.04 bits per heavy atom. The molecule has 0 radical (unpaired) electrons. The molecule has 3 aliphatic carbocycles. The van der Waals surface area contributed by atoms with Gasteiger partial charge < -0.3 is 36.5 Å². The van der Waals surface area contributed by atoms with Crippen molar-refractivity contribution in [1.29, 1.82) is 0 Å². The number of fused-ring (bicyclic) bond motifs is 4. The average molecular weight is 778 g/mol. The van der Waals surface area contributed by atoms with Crippen LogP contribution in [0.2, 0.25) is 0 Å². The molecule has 7 rings (SSSR count). The monoisotopic (exact) mass is 777 g/mol. The molecule has 1 fully saturated rings. The number of ether oxygens (including phenoxy) is 2. The molecule has 3 heterocycles. The molecule has 1 aromatic carbocycles. The molecular formula is C45H59N7O5. The number of aliphatic imine (C=N–C) groups is 1. The van der Waals surface area contributed by atoms with Crippen LogP contribution in [0.3, 0.4) is 0 Å². The van der Waals surface area contributed by atoms with Gasteiger partial charge in [-0.15, -0.1) is 0 Å². The minimum atomic E-state index is -2.06. The number of nitrogens with two attached hydrogens (primary N) is 1. The Morgan fingerprint density at radius 3 is 2.79 bits per heavy atom. The van der Waals surface area contributed by atoms with E-state index >= 15 is 0 Å².